The number of methoxy groups -OCH3 is 1. The molecule has 0 aliphatic heterocycles. The van der Waals surface area contributed by atoms with Gasteiger partial charge in [-0.2, -0.15) is 0 Å². The molecule has 0 saturated carbocycles. The second-order valence-corrected chi connectivity index (χ2v) is 6.07. The molecule has 0 aliphatic carbocycles. The number of pyridine rings is 1. The van der Waals surface area contributed by atoms with Crippen LogP contribution in [-0.2, 0) is 17.7 Å². The van der Waals surface area contributed by atoms with Gasteiger partial charge in [0.25, 0.3) is 0 Å². The molecule has 2 aromatic heterocycles. The van der Waals surface area contributed by atoms with Crippen LogP contribution < -0.4 is 0 Å². The normalized spacial score (nSPS) is 11.1. The van der Waals surface area contributed by atoms with E-state index in [1.165, 1.54) is 13.2 Å². The van der Waals surface area contributed by atoms with E-state index in [4.69, 9.17) is 4.74 Å². The summed E-state index contributed by atoms with van der Waals surface area (Å²) in [5.74, 6) is -0.439. The van der Waals surface area contributed by atoms with Crippen molar-refractivity contribution < 1.29 is 14.5 Å². The highest BCUT2D eigenvalue weighted by Crippen LogP contribution is 2.25. The van der Waals surface area contributed by atoms with Crippen molar-refractivity contribution in [3.8, 4) is 0 Å². The maximum atomic E-state index is 11.8. The number of nitrogens with zero attached hydrogens (tertiary/aromatic N) is 3. The summed E-state index contributed by atoms with van der Waals surface area (Å²) in [6.45, 7) is 0.745. The van der Waals surface area contributed by atoms with Gasteiger partial charge in [0.15, 0.2) is 0 Å². The van der Waals surface area contributed by atoms with Gasteiger partial charge in [-0.25, -0.2) is 4.79 Å². The first-order valence-electron chi connectivity index (χ1n) is 8.50. The molecule has 0 N–H and O–H groups in total. The van der Waals surface area contributed by atoms with Crippen molar-refractivity contribution in [2.24, 2.45) is 0 Å². The number of fused-ring (bicyclic) bond motifs is 1. The van der Waals surface area contributed by atoms with Crippen LogP contribution in [0.5, 0.6) is 0 Å². The number of rotatable bonds is 7. The van der Waals surface area contributed by atoms with Crippen LogP contribution in [0.3, 0.4) is 0 Å². The number of carbonyl (C=O) groups excluding carboxylic acids is 1. The molecule has 0 amide bonds. The third kappa shape index (κ3) is 4.38. The SMILES string of the molecule is COC(=O)c1ccc2c(c1)c(C=C[N+](=O)[O-])cn2CCCc1cccnc1. The number of hydrogen-bond acceptors (Lipinski definition) is 5. The molecule has 7 nitrogen and oxygen atoms in total. The second-order valence-electron chi connectivity index (χ2n) is 6.07. The van der Waals surface area contributed by atoms with Crippen LogP contribution in [0, 0.1) is 10.1 Å². The van der Waals surface area contributed by atoms with Crippen molar-refractivity contribution >= 4 is 22.9 Å². The molecule has 27 heavy (non-hydrogen) atoms. The highest BCUT2D eigenvalue weighted by atomic mass is 16.6. The van der Waals surface area contributed by atoms with Gasteiger partial charge in [0, 0.05) is 47.7 Å². The minimum Gasteiger partial charge on any atom is -0.465 e. The van der Waals surface area contributed by atoms with Crippen molar-refractivity contribution in [3.05, 3.63) is 81.9 Å². The fraction of sp³-hybridized carbons (Fsp3) is 0.200. The number of benzene rings is 1. The van der Waals surface area contributed by atoms with Crippen LogP contribution in [0.15, 0.2) is 55.1 Å². The van der Waals surface area contributed by atoms with Gasteiger partial charge in [0.05, 0.1) is 17.6 Å². The maximum absolute atomic E-state index is 11.8. The van der Waals surface area contributed by atoms with E-state index in [2.05, 4.69) is 4.98 Å². The molecule has 0 bridgehead atoms. The van der Waals surface area contributed by atoms with Crippen LogP contribution >= 0.6 is 0 Å². The summed E-state index contributed by atoms with van der Waals surface area (Å²) in [5, 5.41) is 11.5. The summed E-state index contributed by atoms with van der Waals surface area (Å²) in [5.41, 5.74) is 3.18. The van der Waals surface area contributed by atoms with Gasteiger partial charge in [0.2, 0.25) is 6.20 Å². The fourth-order valence-electron chi connectivity index (χ4n) is 3.03. The van der Waals surface area contributed by atoms with Gasteiger partial charge in [-0.05, 0) is 42.7 Å². The van der Waals surface area contributed by atoms with Gasteiger partial charge >= 0.3 is 5.97 Å². The molecule has 7 heteroatoms. The number of hydrogen-bond donors (Lipinski definition) is 0. The van der Waals surface area contributed by atoms with Crippen LogP contribution in [-0.4, -0.2) is 27.6 Å². The lowest BCUT2D eigenvalue weighted by Gasteiger charge is -2.06. The second kappa shape index (κ2) is 8.27. The van der Waals surface area contributed by atoms with Gasteiger partial charge in [-0.15, -0.1) is 0 Å². The average molecular weight is 365 g/mol. The van der Waals surface area contributed by atoms with Gasteiger partial charge in [-0.1, -0.05) is 6.07 Å². The minimum atomic E-state index is -0.504. The topological polar surface area (TPSA) is 87.3 Å². The zero-order valence-corrected chi connectivity index (χ0v) is 14.9. The van der Waals surface area contributed by atoms with Crippen LogP contribution in [0.2, 0.25) is 0 Å². The van der Waals surface area contributed by atoms with E-state index in [0.29, 0.717) is 11.1 Å². The third-order valence-electron chi connectivity index (χ3n) is 4.30. The summed E-state index contributed by atoms with van der Waals surface area (Å²) in [4.78, 5) is 26.1. The van der Waals surface area contributed by atoms with Crippen LogP contribution in [0.25, 0.3) is 17.0 Å². The first-order valence-corrected chi connectivity index (χ1v) is 8.50. The predicted molar refractivity (Wildman–Crippen MR) is 102 cm³/mol. The van der Waals surface area contributed by atoms with E-state index >= 15 is 0 Å². The fourth-order valence-corrected chi connectivity index (χ4v) is 3.03. The van der Waals surface area contributed by atoms with Crippen molar-refractivity contribution in [3.63, 3.8) is 0 Å². The Labute approximate surface area is 156 Å². The molecule has 0 radical (unpaired) electrons. The summed E-state index contributed by atoms with van der Waals surface area (Å²) in [6.07, 6.45) is 9.59. The summed E-state index contributed by atoms with van der Waals surface area (Å²) in [6, 6.07) is 9.20. The largest absolute Gasteiger partial charge is 0.465 e. The van der Waals surface area contributed by atoms with Crippen molar-refractivity contribution in [1.82, 2.24) is 9.55 Å². The van der Waals surface area contributed by atoms with Crippen LogP contribution in [0.1, 0.15) is 27.9 Å². The number of esters is 1. The van der Waals surface area contributed by atoms with E-state index in [-0.39, 0.29) is 0 Å². The van der Waals surface area contributed by atoms with Crippen molar-refractivity contribution in [2.75, 3.05) is 7.11 Å². The summed E-state index contributed by atoms with van der Waals surface area (Å²) >= 11 is 0. The molecule has 0 atom stereocenters. The standard InChI is InChI=1S/C20H19N3O4/c1-27-20(24)16-6-7-19-18(12-16)17(8-11-23(25)26)14-22(19)10-3-5-15-4-2-9-21-13-15/h2,4,6-9,11-14H,3,5,10H2,1H3. The molecule has 3 rings (SSSR count). The van der Waals surface area contributed by atoms with Crippen LogP contribution in [0.4, 0.5) is 0 Å². The van der Waals surface area contributed by atoms with E-state index < -0.39 is 10.9 Å². The van der Waals surface area contributed by atoms with Crippen molar-refractivity contribution in [1.29, 1.82) is 0 Å². The molecule has 0 spiro atoms. The Hall–Kier alpha value is -3.48. The summed E-state index contributed by atoms with van der Waals surface area (Å²) in [7, 11) is 1.32. The number of ether oxygens (including phenoxy) is 1. The molecule has 0 saturated heterocycles. The number of nitro groups is 1. The highest BCUT2D eigenvalue weighted by Gasteiger charge is 2.12. The Balaban J connectivity index is 1.89. The minimum absolute atomic E-state index is 0.411. The summed E-state index contributed by atoms with van der Waals surface area (Å²) < 4.78 is 6.81. The number of carbonyl (C=O) groups is 1. The molecule has 0 unspecified atom stereocenters. The molecule has 0 aliphatic rings. The molecule has 138 valence electrons. The maximum Gasteiger partial charge on any atom is 0.337 e. The average Bonchev–Trinajstić information content (AvgIpc) is 3.03. The monoisotopic (exact) mass is 365 g/mol. The lowest BCUT2D eigenvalue weighted by atomic mass is 10.1. The lowest BCUT2D eigenvalue weighted by molar-refractivity contribution is -0.400. The first-order chi connectivity index (χ1) is 13.1. The first kappa shape index (κ1) is 18.3. The Bertz CT molecular complexity index is 993. The van der Waals surface area contributed by atoms with Gasteiger partial charge in [-0.3, -0.25) is 15.1 Å². The smallest absolute Gasteiger partial charge is 0.337 e. The molecule has 1 aromatic carbocycles. The van der Waals surface area contributed by atoms with E-state index in [0.717, 1.165) is 42.1 Å². The highest BCUT2D eigenvalue weighted by molar-refractivity contribution is 5.97. The quantitative estimate of drug-likeness (QED) is 0.362. The molecule has 2 heterocycles. The lowest BCUT2D eigenvalue weighted by Crippen LogP contribution is -2.01. The molecular formula is C20H19N3O4. The zero-order valence-electron chi connectivity index (χ0n) is 14.9. The molecule has 0 fully saturated rings. The Morgan fingerprint density at radius 3 is 2.93 bits per heavy atom. The Morgan fingerprint density at radius 1 is 1.37 bits per heavy atom. The van der Waals surface area contributed by atoms with Gasteiger partial charge in [0.1, 0.15) is 0 Å². The van der Waals surface area contributed by atoms with E-state index in [1.54, 1.807) is 18.3 Å². The van der Waals surface area contributed by atoms with E-state index in [9.17, 15) is 14.9 Å². The third-order valence-corrected chi connectivity index (χ3v) is 4.30. The number of aryl methyl sites for hydroxylation is 2. The Morgan fingerprint density at radius 2 is 2.22 bits per heavy atom. The Kier molecular flexibility index (Phi) is 5.61. The van der Waals surface area contributed by atoms with Crippen molar-refractivity contribution in [2.45, 2.75) is 19.4 Å². The number of aromatic nitrogens is 2. The van der Waals surface area contributed by atoms with E-state index in [1.807, 2.05) is 35.2 Å². The molecule has 3 aromatic rings. The predicted octanol–water partition coefficient (Wildman–Crippen LogP) is 3.70. The van der Waals surface area contributed by atoms with Gasteiger partial charge < -0.3 is 9.30 Å². The molecular weight excluding hydrogens is 346 g/mol. The zero-order chi connectivity index (χ0) is 19.2.